The largest absolute Gasteiger partial charge is 0.372 e. The number of hydrogen-bond acceptors (Lipinski definition) is 3. The molecule has 1 fully saturated rings. The molecule has 0 spiro atoms. The van der Waals surface area contributed by atoms with Crippen LogP contribution >= 0.6 is 0 Å². The maximum atomic E-state index is 13.1. The number of urea groups is 1. The maximum absolute atomic E-state index is 13.1. The molecule has 1 aliphatic rings. The van der Waals surface area contributed by atoms with E-state index in [1.807, 2.05) is 17.9 Å². The first-order valence-electron chi connectivity index (χ1n) is 9.93. The summed E-state index contributed by atoms with van der Waals surface area (Å²) < 4.78 is 13.1. The van der Waals surface area contributed by atoms with Crippen LogP contribution in [0.15, 0.2) is 42.5 Å². The van der Waals surface area contributed by atoms with Crippen molar-refractivity contribution in [2.75, 3.05) is 54.4 Å². The first-order valence-corrected chi connectivity index (χ1v) is 9.93. The van der Waals surface area contributed by atoms with Crippen LogP contribution in [0.4, 0.5) is 26.2 Å². The van der Waals surface area contributed by atoms with Gasteiger partial charge in [-0.3, -0.25) is 0 Å². The smallest absolute Gasteiger partial charge is 0.321 e. The van der Waals surface area contributed by atoms with Gasteiger partial charge in [-0.2, -0.15) is 0 Å². The second-order valence-corrected chi connectivity index (χ2v) is 7.05. The minimum absolute atomic E-state index is 0.0718. The highest BCUT2D eigenvalue weighted by Gasteiger charge is 2.22. The minimum Gasteiger partial charge on any atom is -0.372 e. The second kappa shape index (κ2) is 8.95. The lowest BCUT2D eigenvalue weighted by atomic mass is 10.1. The molecule has 1 aliphatic heterocycles. The number of halogens is 1. The zero-order valence-electron chi connectivity index (χ0n) is 16.9. The minimum atomic E-state index is -0.232. The van der Waals surface area contributed by atoms with E-state index < -0.39 is 0 Å². The van der Waals surface area contributed by atoms with Crippen molar-refractivity contribution >= 4 is 23.1 Å². The van der Waals surface area contributed by atoms with Crippen molar-refractivity contribution < 1.29 is 9.18 Å². The molecule has 3 rings (SSSR count). The molecule has 2 amide bonds. The van der Waals surface area contributed by atoms with Gasteiger partial charge in [-0.25, -0.2) is 9.18 Å². The van der Waals surface area contributed by atoms with Crippen LogP contribution in [-0.4, -0.2) is 50.2 Å². The van der Waals surface area contributed by atoms with E-state index in [9.17, 15) is 9.18 Å². The van der Waals surface area contributed by atoms with E-state index in [4.69, 9.17) is 0 Å². The molecule has 2 aromatic rings. The number of aryl methyl sites for hydroxylation is 1. The molecule has 0 unspecified atom stereocenters. The van der Waals surface area contributed by atoms with Gasteiger partial charge in [0.1, 0.15) is 5.82 Å². The van der Waals surface area contributed by atoms with Crippen molar-refractivity contribution in [2.45, 2.75) is 20.8 Å². The number of anilines is 3. The number of carbonyl (C=O) groups excluding carboxylic acids is 1. The lowest BCUT2D eigenvalue weighted by molar-refractivity contribution is 0.208. The summed E-state index contributed by atoms with van der Waals surface area (Å²) >= 11 is 0. The van der Waals surface area contributed by atoms with Crippen molar-refractivity contribution in [1.82, 2.24) is 4.90 Å². The number of rotatable bonds is 5. The van der Waals surface area contributed by atoms with Crippen molar-refractivity contribution in [3.05, 3.63) is 53.8 Å². The van der Waals surface area contributed by atoms with Crippen LogP contribution in [0, 0.1) is 12.7 Å². The van der Waals surface area contributed by atoms with E-state index in [2.05, 4.69) is 41.1 Å². The van der Waals surface area contributed by atoms with Gasteiger partial charge in [-0.05, 0) is 68.8 Å². The van der Waals surface area contributed by atoms with E-state index in [0.717, 1.165) is 43.1 Å². The quantitative estimate of drug-likeness (QED) is 0.834. The predicted octanol–water partition coefficient (Wildman–Crippen LogP) is 4.33. The van der Waals surface area contributed by atoms with Gasteiger partial charge in [0.2, 0.25) is 0 Å². The van der Waals surface area contributed by atoms with Gasteiger partial charge >= 0.3 is 6.03 Å². The highest BCUT2D eigenvalue weighted by molar-refractivity contribution is 5.90. The summed E-state index contributed by atoms with van der Waals surface area (Å²) in [5.74, 6) is -0.232. The molecule has 1 saturated heterocycles. The van der Waals surface area contributed by atoms with Gasteiger partial charge < -0.3 is 20.0 Å². The summed E-state index contributed by atoms with van der Waals surface area (Å²) in [7, 11) is 0. The monoisotopic (exact) mass is 384 g/mol. The number of hydrogen-bond donors (Lipinski definition) is 1. The van der Waals surface area contributed by atoms with Gasteiger partial charge in [0.25, 0.3) is 0 Å². The summed E-state index contributed by atoms with van der Waals surface area (Å²) in [5.41, 5.74) is 4.07. The zero-order valence-corrected chi connectivity index (χ0v) is 16.9. The van der Waals surface area contributed by atoms with Crippen molar-refractivity contribution in [2.24, 2.45) is 0 Å². The average molecular weight is 384 g/mol. The van der Waals surface area contributed by atoms with Crippen LogP contribution < -0.4 is 15.1 Å². The summed E-state index contributed by atoms with van der Waals surface area (Å²) in [5, 5.41) is 3.04. The molecule has 6 heteroatoms. The number of piperazine rings is 1. The topological polar surface area (TPSA) is 38.8 Å². The van der Waals surface area contributed by atoms with Crippen LogP contribution in [0.5, 0.6) is 0 Å². The third-order valence-electron chi connectivity index (χ3n) is 5.34. The Labute approximate surface area is 166 Å². The Balaban J connectivity index is 1.58. The lowest BCUT2D eigenvalue weighted by Gasteiger charge is -2.36. The fraction of sp³-hybridized carbons (Fsp3) is 0.409. The van der Waals surface area contributed by atoms with Crippen molar-refractivity contribution in [1.29, 1.82) is 0 Å². The summed E-state index contributed by atoms with van der Waals surface area (Å²) in [4.78, 5) is 19.0. The van der Waals surface area contributed by atoms with E-state index in [-0.39, 0.29) is 11.8 Å². The van der Waals surface area contributed by atoms with Gasteiger partial charge in [0.05, 0.1) is 0 Å². The second-order valence-electron chi connectivity index (χ2n) is 7.05. The Morgan fingerprint density at radius 2 is 1.68 bits per heavy atom. The molecule has 0 bridgehead atoms. The number of carbonyl (C=O) groups is 1. The first-order chi connectivity index (χ1) is 13.5. The Kier molecular flexibility index (Phi) is 6.39. The Morgan fingerprint density at radius 3 is 2.25 bits per heavy atom. The molecular formula is C22H29FN4O. The molecule has 1 heterocycles. The molecule has 0 saturated carbocycles. The highest BCUT2D eigenvalue weighted by Crippen LogP contribution is 2.23. The summed E-state index contributed by atoms with van der Waals surface area (Å²) in [6, 6.07) is 12.6. The molecule has 0 atom stereocenters. The molecule has 5 nitrogen and oxygen atoms in total. The normalized spacial score (nSPS) is 14.1. The summed E-state index contributed by atoms with van der Waals surface area (Å²) in [6.45, 7) is 11.0. The maximum Gasteiger partial charge on any atom is 0.321 e. The van der Waals surface area contributed by atoms with Gasteiger partial charge in [-0.15, -0.1) is 0 Å². The SMILES string of the molecule is CCN(CC)c1ccc(NC(=O)N2CCN(c3ccc(F)cc3)CC2)c(C)c1. The molecule has 28 heavy (non-hydrogen) atoms. The van der Waals surface area contributed by atoms with Crippen molar-refractivity contribution in [3.63, 3.8) is 0 Å². The number of benzene rings is 2. The fourth-order valence-electron chi connectivity index (χ4n) is 3.59. The Bertz CT molecular complexity index is 797. The highest BCUT2D eigenvalue weighted by atomic mass is 19.1. The van der Waals surface area contributed by atoms with E-state index in [1.54, 1.807) is 12.1 Å². The van der Waals surface area contributed by atoms with Crippen LogP contribution in [0.25, 0.3) is 0 Å². The van der Waals surface area contributed by atoms with E-state index >= 15 is 0 Å². The molecule has 0 aromatic heterocycles. The van der Waals surface area contributed by atoms with Gasteiger partial charge in [0.15, 0.2) is 0 Å². The molecule has 2 aromatic carbocycles. The van der Waals surface area contributed by atoms with E-state index in [0.29, 0.717) is 13.1 Å². The number of amides is 2. The molecule has 0 aliphatic carbocycles. The predicted molar refractivity (Wildman–Crippen MR) is 114 cm³/mol. The third-order valence-corrected chi connectivity index (χ3v) is 5.34. The molecule has 1 N–H and O–H groups in total. The Hall–Kier alpha value is -2.76. The summed E-state index contributed by atoms with van der Waals surface area (Å²) in [6.07, 6.45) is 0. The average Bonchev–Trinajstić information content (AvgIpc) is 2.71. The van der Waals surface area contributed by atoms with Crippen LogP contribution in [0.2, 0.25) is 0 Å². The Morgan fingerprint density at radius 1 is 1.04 bits per heavy atom. The molecule has 150 valence electrons. The van der Waals surface area contributed by atoms with Crippen molar-refractivity contribution in [3.8, 4) is 0 Å². The lowest BCUT2D eigenvalue weighted by Crippen LogP contribution is -2.50. The van der Waals surface area contributed by atoms with Gasteiger partial charge in [-0.1, -0.05) is 0 Å². The number of nitrogens with one attached hydrogen (secondary N) is 1. The first kappa shape index (κ1) is 20.0. The molecule has 0 radical (unpaired) electrons. The van der Waals surface area contributed by atoms with Gasteiger partial charge in [0, 0.05) is 56.3 Å². The van der Waals surface area contributed by atoms with Crippen LogP contribution in [-0.2, 0) is 0 Å². The van der Waals surface area contributed by atoms with E-state index in [1.165, 1.54) is 17.8 Å². The van der Waals surface area contributed by atoms with Crippen LogP contribution in [0.1, 0.15) is 19.4 Å². The third kappa shape index (κ3) is 4.55. The standard InChI is InChI=1S/C22H29FN4O/c1-4-25(5-2)20-10-11-21(17(3)16-20)24-22(28)27-14-12-26(13-15-27)19-8-6-18(23)7-9-19/h6-11,16H,4-5,12-15H2,1-3H3,(H,24,28). The van der Waals surface area contributed by atoms with Crippen LogP contribution in [0.3, 0.4) is 0 Å². The fourth-order valence-corrected chi connectivity index (χ4v) is 3.59. The zero-order chi connectivity index (χ0) is 20.1. The molecular weight excluding hydrogens is 355 g/mol. The number of nitrogens with zero attached hydrogens (tertiary/aromatic N) is 3.